The number of hydrogen-bond donors (Lipinski definition) is 2. The topological polar surface area (TPSA) is 102 Å². The number of carbonyl (C=O) groups is 3. The third-order valence-electron chi connectivity index (χ3n) is 2.47. The van der Waals surface area contributed by atoms with Crippen LogP contribution in [0.1, 0.15) is 40.5 Å². The first-order valence-electron chi connectivity index (χ1n) is 7.56. The zero-order chi connectivity index (χ0) is 17.9. The Morgan fingerprint density at radius 3 is 2.43 bits per heavy atom. The average molecular weight is 349 g/mol. The average Bonchev–Trinajstić information content (AvgIpc) is 2.42. The van der Waals surface area contributed by atoms with Crippen LogP contribution in [0.15, 0.2) is 0 Å². The molecule has 0 saturated carbocycles. The molecule has 2 N–H and O–H groups in total. The highest BCUT2D eigenvalue weighted by Gasteiger charge is 2.25. The Balaban J connectivity index is 4.49. The summed E-state index contributed by atoms with van der Waals surface area (Å²) in [4.78, 5) is 35.4. The summed E-state index contributed by atoms with van der Waals surface area (Å²) in [5.41, 5.74) is -0.681. The van der Waals surface area contributed by atoms with Crippen molar-refractivity contribution in [3.8, 4) is 0 Å². The van der Waals surface area contributed by atoms with Crippen molar-refractivity contribution in [1.82, 2.24) is 5.32 Å². The molecule has 0 aliphatic rings. The fourth-order valence-electron chi connectivity index (χ4n) is 1.57. The van der Waals surface area contributed by atoms with Crippen molar-refractivity contribution in [2.45, 2.75) is 52.2 Å². The minimum atomic E-state index is -0.920. The second kappa shape index (κ2) is 11.3. The minimum Gasteiger partial charge on any atom is -0.464 e. The number of nitrogens with one attached hydrogen (secondary N) is 1. The van der Waals surface area contributed by atoms with Crippen molar-refractivity contribution < 1.29 is 29.0 Å². The monoisotopic (exact) mass is 349 g/mol. The SMILES string of the molecule is CCOC(=O)[C@H](CCC(=O)CSCCO)NC(=O)OC(C)(C)C. The van der Waals surface area contributed by atoms with Crippen LogP contribution < -0.4 is 5.32 Å². The van der Waals surface area contributed by atoms with Gasteiger partial charge < -0.3 is 19.9 Å². The van der Waals surface area contributed by atoms with Crippen LogP contribution >= 0.6 is 11.8 Å². The van der Waals surface area contributed by atoms with Crippen molar-refractivity contribution in [1.29, 1.82) is 0 Å². The summed E-state index contributed by atoms with van der Waals surface area (Å²) in [5.74, 6) is 0.115. The predicted octanol–water partition coefficient (Wildman–Crippen LogP) is 1.52. The van der Waals surface area contributed by atoms with E-state index in [-0.39, 0.29) is 37.6 Å². The van der Waals surface area contributed by atoms with E-state index in [1.54, 1.807) is 27.7 Å². The number of ketones is 1. The summed E-state index contributed by atoms with van der Waals surface area (Å²) in [6.45, 7) is 7.02. The van der Waals surface area contributed by atoms with Crippen LogP contribution in [0, 0.1) is 0 Å². The van der Waals surface area contributed by atoms with Crippen molar-refractivity contribution in [2.24, 2.45) is 0 Å². The van der Waals surface area contributed by atoms with Crippen molar-refractivity contribution in [3.63, 3.8) is 0 Å². The van der Waals surface area contributed by atoms with Crippen LogP contribution in [0.3, 0.4) is 0 Å². The smallest absolute Gasteiger partial charge is 0.408 e. The lowest BCUT2D eigenvalue weighted by molar-refractivity contribution is -0.145. The second-order valence-electron chi connectivity index (χ2n) is 5.80. The predicted molar refractivity (Wildman–Crippen MR) is 88.4 cm³/mol. The molecule has 23 heavy (non-hydrogen) atoms. The van der Waals surface area contributed by atoms with E-state index in [4.69, 9.17) is 14.6 Å². The first-order valence-corrected chi connectivity index (χ1v) is 8.71. The van der Waals surface area contributed by atoms with Crippen LogP contribution in [-0.4, -0.2) is 59.3 Å². The summed E-state index contributed by atoms with van der Waals surface area (Å²) in [6.07, 6.45) is -0.438. The fourth-order valence-corrected chi connectivity index (χ4v) is 2.22. The minimum absolute atomic E-state index is 0.0175. The van der Waals surface area contributed by atoms with Crippen molar-refractivity contribution in [2.75, 3.05) is 24.7 Å². The number of alkyl carbamates (subject to hydrolysis) is 1. The molecule has 134 valence electrons. The summed E-state index contributed by atoms with van der Waals surface area (Å²) in [5, 5.41) is 11.1. The maximum absolute atomic E-state index is 11.9. The molecule has 1 atom stereocenters. The van der Waals surface area contributed by atoms with E-state index in [0.29, 0.717) is 5.75 Å². The molecule has 1 amide bonds. The number of amides is 1. The molecule has 0 spiro atoms. The van der Waals surface area contributed by atoms with Gasteiger partial charge in [-0.1, -0.05) is 0 Å². The van der Waals surface area contributed by atoms with E-state index in [1.807, 2.05) is 0 Å². The van der Waals surface area contributed by atoms with Crippen LogP contribution in [0.25, 0.3) is 0 Å². The summed E-state index contributed by atoms with van der Waals surface area (Å²) >= 11 is 1.33. The summed E-state index contributed by atoms with van der Waals surface area (Å²) in [6, 6.07) is -0.920. The summed E-state index contributed by atoms with van der Waals surface area (Å²) in [7, 11) is 0. The first-order chi connectivity index (χ1) is 10.7. The second-order valence-corrected chi connectivity index (χ2v) is 6.91. The number of esters is 1. The van der Waals surface area contributed by atoms with Gasteiger partial charge in [0.25, 0.3) is 0 Å². The highest BCUT2D eigenvalue weighted by atomic mass is 32.2. The fraction of sp³-hybridized carbons (Fsp3) is 0.800. The molecule has 0 heterocycles. The number of thioether (sulfide) groups is 1. The number of ether oxygens (including phenoxy) is 2. The Morgan fingerprint density at radius 2 is 1.91 bits per heavy atom. The van der Waals surface area contributed by atoms with E-state index in [2.05, 4.69) is 5.32 Å². The maximum Gasteiger partial charge on any atom is 0.408 e. The molecular formula is C15H27NO6S. The van der Waals surface area contributed by atoms with Crippen LogP contribution in [0.4, 0.5) is 4.79 Å². The van der Waals surface area contributed by atoms with Gasteiger partial charge in [-0.05, 0) is 34.1 Å². The van der Waals surface area contributed by atoms with Gasteiger partial charge in [0.15, 0.2) is 0 Å². The molecule has 0 fully saturated rings. The molecule has 0 unspecified atom stereocenters. The largest absolute Gasteiger partial charge is 0.464 e. The van der Waals surface area contributed by atoms with Gasteiger partial charge >= 0.3 is 12.1 Å². The Hall–Kier alpha value is -1.28. The Kier molecular flexibility index (Phi) is 10.7. The van der Waals surface area contributed by atoms with Crippen LogP contribution in [-0.2, 0) is 19.1 Å². The Morgan fingerprint density at radius 1 is 1.26 bits per heavy atom. The van der Waals surface area contributed by atoms with E-state index in [1.165, 1.54) is 11.8 Å². The van der Waals surface area contributed by atoms with Crippen molar-refractivity contribution >= 4 is 29.6 Å². The molecule has 0 radical (unpaired) electrons. The van der Waals surface area contributed by atoms with Crippen LogP contribution in [0.5, 0.6) is 0 Å². The van der Waals surface area contributed by atoms with E-state index in [0.717, 1.165) is 0 Å². The summed E-state index contributed by atoms with van der Waals surface area (Å²) < 4.78 is 10.0. The normalized spacial score (nSPS) is 12.4. The first kappa shape index (κ1) is 21.7. The third-order valence-corrected chi connectivity index (χ3v) is 3.47. The van der Waals surface area contributed by atoms with Gasteiger partial charge in [-0.25, -0.2) is 9.59 Å². The van der Waals surface area contributed by atoms with Gasteiger partial charge in [-0.15, -0.1) is 0 Å². The lowest BCUT2D eigenvalue weighted by atomic mass is 10.1. The van der Waals surface area contributed by atoms with E-state index in [9.17, 15) is 14.4 Å². The molecule has 0 saturated heterocycles. The number of Topliss-reactive ketones (excluding diaryl/α,β-unsaturated/α-hetero) is 1. The molecular weight excluding hydrogens is 322 g/mol. The Labute approximate surface area is 141 Å². The van der Waals surface area contributed by atoms with Gasteiger partial charge in [-0.2, -0.15) is 11.8 Å². The Bertz CT molecular complexity index is 394. The molecule has 0 aromatic rings. The number of rotatable bonds is 10. The lowest BCUT2D eigenvalue weighted by Crippen LogP contribution is -2.44. The number of aliphatic hydroxyl groups excluding tert-OH is 1. The van der Waals surface area contributed by atoms with Crippen LogP contribution in [0.2, 0.25) is 0 Å². The molecule has 0 aromatic heterocycles. The van der Waals surface area contributed by atoms with Gasteiger partial charge in [0.2, 0.25) is 0 Å². The van der Waals surface area contributed by atoms with Gasteiger partial charge in [0.1, 0.15) is 17.4 Å². The molecule has 0 aliphatic heterocycles. The van der Waals surface area contributed by atoms with Gasteiger partial charge in [-0.3, -0.25) is 4.79 Å². The highest BCUT2D eigenvalue weighted by Crippen LogP contribution is 2.09. The molecule has 8 heteroatoms. The van der Waals surface area contributed by atoms with Gasteiger partial charge in [0.05, 0.1) is 19.0 Å². The molecule has 0 aromatic carbocycles. The third kappa shape index (κ3) is 11.9. The number of aliphatic hydroxyl groups is 1. The standard InChI is InChI=1S/C15H27NO6S/c1-5-21-13(19)12(16-14(20)22-15(2,3)4)7-6-11(18)10-23-9-8-17/h12,17H,5-10H2,1-4H3,(H,16,20)/t12-/m0/s1. The molecule has 0 rings (SSSR count). The molecule has 7 nitrogen and oxygen atoms in total. The molecule has 0 aliphatic carbocycles. The maximum atomic E-state index is 11.9. The van der Waals surface area contributed by atoms with E-state index < -0.39 is 23.7 Å². The van der Waals surface area contributed by atoms with Crippen molar-refractivity contribution in [3.05, 3.63) is 0 Å². The number of carbonyl (C=O) groups excluding carboxylic acids is 3. The molecule has 0 bridgehead atoms. The zero-order valence-corrected chi connectivity index (χ0v) is 15.0. The lowest BCUT2D eigenvalue weighted by Gasteiger charge is -2.22. The van der Waals surface area contributed by atoms with E-state index >= 15 is 0 Å². The number of hydrogen-bond acceptors (Lipinski definition) is 7. The highest BCUT2D eigenvalue weighted by molar-refractivity contribution is 7.99. The van der Waals surface area contributed by atoms with Gasteiger partial charge in [0, 0.05) is 12.2 Å². The zero-order valence-electron chi connectivity index (χ0n) is 14.2. The quantitative estimate of drug-likeness (QED) is 0.455.